The molecule has 2 aromatic carbocycles. The minimum Gasteiger partial charge on any atom is -0.297 e. The van der Waals surface area contributed by atoms with Crippen LogP contribution in [-0.2, 0) is 14.8 Å². The van der Waals surface area contributed by atoms with E-state index in [1.54, 1.807) is 49.4 Å². The van der Waals surface area contributed by atoms with Crippen molar-refractivity contribution >= 4 is 55.8 Å². The Morgan fingerprint density at radius 1 is 1.11 bits per heavy atom. The Morgan fingerprint density at radius 3 is 2.46 bits per heavy atom. The van der Waals surface area contributed by atoms with Crippen LogP contribution in [0.4, 0.5) is 10.8 Å². The summed E-state index contributed by atoms with van der Waals surface area (Å²) in [6.07, 6.45) is 2.91. The van der Waals surface area contributed by atoms with Crippen molar-refractivity contribution in [1.29, 1.82) is 0 Å². The van der Waals surface area contributed by atoms with Crippen LogP contribution in [0.25, 0.3) is 6.08 Å². The largest absolute Gasteiger partial charge is 0.297 e. The molecule has 1 amide bonds. The zero-order valence-corrected chi connectivity index (χ0v) is 17.0. The van der Waals surface area contributed by atoms with Crippen molar-refractivity contribution in [2.45, 2.75) is 11.8 Å². The standard InChI is InChI=1S/C18H15ClN4O3S2/c1-12-21-22-18(27-12)20-17(24)11-8-13-6-9-14(10-7-13)28(25,26)23-16-5-3-2-4-15(16)19/h2-11,23H,1H3,(H,20,22,24)/b11-8+. The molecule has 3 rings (SSSR count). The summed E-state index contributed by atoms with van der Waals surface area (Å²) >= 11 is 7.26. The van der Waals surface area contributed by atoms with Gasteiger partial charge < -0.3 is 0 Å². The molecule has 28 heavy (non-hydrogen) atoms. The van der Waals surface area contributed by atoms with Gasteiger partial charge >= 0.3 is 0 Å². The first-order chi connectivity index (χ1) is 13.3. The number of para-hydroxylation sites is 1. The van der Waals surface area contributed by atoms with Gasteiger partial charge in [0.05, 0.1) is 15.6 Å². The van der Waals surface area contributed by atoms with E-state index in [-0.39, 0.29) is 10.8 Å². The number of aryl methyl sites for hydroxylation is 1. The Labute approximate surface area is 171 Å². The number of aromatic nitrogens is 2. The van der Waals surface area contributed by atoms with Gasteiger partial charge in [0.1, 0.15) is 5.01 Å². The van der Waals surface area contributed by atoms with E-state index >= 15 is 0 Å². The highest BCUT2D eigenvalue weighted by molar-refractivity contribution is 7.92. The Balaban J connectivity index is 1.67. The first-order valence-corrected chi connectivity index (χ1v) is 10.7. The van der Waals surface area contributed by atoms with Gasteiger partial charge in [-0.05, 0) is 42.8 Å². The minimum absolute atomic E-state index is 0.0818. The second kappa shape index (κ2) is 8.51. The summed E-state index contributed by atoms with van der Waals surface area (Å²) in [5.74, 6) is -0.353. The number of benzene rings is 2. The van der Waals surface area contributed by atoms with Gasteiger partial charge in [0.2, 0.25) is 11.0 Å². The third kappa shape index (κ3) is 5.16. The van der Waals surface area contributed by atoms with Crippen LogP contribution in [0, 0.1) is 6.92 Å². The minimum atomic E-state index is -3.77. The lowest BCUT2D eigenvalue weighted by molar-refractivity contribution is -0.111. The Morgan fingerprint density at radius 2 is 1.82 bits per heavy atom. The lowest BCUT2D eigenvalue weighted by Gasteiger charge is -2.09. The number of carbonyl (C=O) groups excluding carboxylic acids is 1. The fourth-order valence-electron chi connectivity index (χ4n) is 2.17. The van der Waals surface area contributed by atoms with E-state index in [1.165, 1.54) is 29.5 Å². The average molecular weight is 435 g/mol. The molecular weight excluding hydrogens is 420 g/mol. The molecule has 0 saturated heterocycles. The van der Waals surface area contributed by atoms with Crippen LogP contribution in [-0.4, -0.2) is 24.5 Å². The van der Waals surface area contributed by atoms with E-state index in [9.17, 15) is 13.2 Å². The number of nitrogens with one attached hydrogen (secondary N) is 2. The maximum atomic E-state index is 12.5. The second-order valence-electron chi connectivity index (χ2n) is 5.60. The molecule has 3 aromatic rings. The molecule has 0 radical (unpaired) electrons. The molecule has 0 unspecified atom stereocenters. The summed E-state index contributed by atoms with van der Waals surface area (Å²) in [5.41, 5.74) is 0.969. The van der Waals surface area contributed by atoms with Crippen LogP contribution in [0.5, 0.6) is 0 Å². The fraction of sp³-hybridized carbons (Fsp3) is 0.0556. The van der Waals surface area contributed by atoms with Crippen LogP contribution in [0.15, 0.2) is 59.5 Å². The predicted molar refractivity (Wildman–Crippen MR) is 111 cm³/mol. The van der Waals surface area contributed by atoms with Gasteiger partial charge in [0.15, 0.2) is 0 Å². The first kappa shape index (κ1) is 20.0. The van der Waals surface area contributed by atoms with Crippen molar-refractivity contribution in [3.8, 4) is 0 Å². The second-order valence-corrected chi connectivity index (χ2v) is 8.87. The summed E-state index contributed by atoms with van der Waals surface area (Å²) in [5, 5.41) is 11.7. The number of hydrogen-bond donors (Lipinski definition) is 2. The van der Waals surface area contributed by atoms with Crippen LogP contribution >= 0.6 is 22.9 Å². The maximum Gasteiger partial charge on any atom is 0.261 e. The Bertz CT molecular complexity index is 1130. The molecule has 0 fully saturated rings. The van der Waals surface area contributed by atoms with Crippen LogP contribution in [0.1, 0.15) is 10.6 Å². The molecule has 0 aliphatic carbocycles. The number of hydrogen-bond acceptors (Lipinski definition) is 6. The van der Waals surface area contributed by atoms with E-state index in [1.807, 2.05) is 0 Å². The Hall–Kier alpha value is -2.75. The highest BCUT2D eigenvalue weighted by atomic mass is 35.5. The van der Waals surface area contributed by atoms with Crippen molar-refractivity contribution in [1.82, 2.24) is 10.2 Å². The number of amides is 1. The summed E-state index contributed by atoms with van der Waals surface area (Å²) in [7, 11) is -3.77. The number of rotatable bonds is 6. The van der Waals surface area contributed by atoms with Crippen molar-refractivity contribution in [3.05, 3.63) is 70.2 Å². The maximum absolute atomic E-state index is 12.5. The smallest absolute Gasteiger partial charge is 0.261 e. The molecule has 0 aliphatic rings. The highest BCUT2D eigenvalue weighted by Gasteiger charge is 2.15. The molecule has 0 atom stereocenters. The van der Waals surface area contributed by atoms with E-state index < -0.39 is 10.0 Å². The van der Waals surface area contributed by atoms with E-state index in [0.717, 1.165) is 5.01 Å². The van der Waals surface area contributed by atoms with E-state index in [4.69, 9.17) is 11.6 Å². The number of anilines is 2. The first-order valence-electron chi connectivity index (χ1n) is 8.00. The SMILES string of the molecule is Cc1nnc(NC(=O)/C=C/c2ccc(S(=O)(=O)Nc3ccccc3Cl)cc2)s1. The average Bonchev–Trinajstić information content (AvgIpc) is 3.07. The molecule has 0 spiro atoms. The molecular formula is C18H15ClN4O3S2. The molecule has 1 heterocycles. The summed E-state index contributed by atoms with van der Waals surface area (Å²) in [4.78, 5) is 12.0. The normalized spacial score (nSPS) is 11.5. The summed E-state index contributed by atoms with van der Waals surface area (Å²) < 4.78 is 27.4. The highest BCUT2D eigenvalue weighted by Crippen LogP contribution is 2.24. The molecule has 2 N–H and O–H groups in total. The molecule has 0 aliphatic heterocycles. The van der Waals surface area contributed by atoms with E-state index in [2.05, 4.69) is 20.2 Å². The van der Waals surface area contributed by atoms with Crippen molar-refractivity contribution in [2.24, 2.45) is 0 Å². The van der Waals surface area contributed by atoms with Crippen molar-refractivity contribution < 1.29 is 13.2 Å². The number of carbonyl (C=O) groups is 1. The van der Waals surface area contributed by atoms with Crippen LogP contribution in [0.2, 0.25) is 5.02 Å². The fourth-order valence-corrected chi connectivity index (χ4v) is 4.09. The van der Waals surface area contributed by atoms with Crippen molar-refractivity contribution in [2.75, 3.05) is 10.0 Å². The van der Waals surface area contributed by atoms with Crippen LogP contribution in [0.3, 0.4) is 0 Å². The van der Waals surface area contributed by atoms with Crippen molar-refractivity contribution in [3.63, 3.8) is 0 Å². The third-order valence-corrected chi connectivity index (χ3v) is 5.96. The molecule has 0 bridgehead atoms. The molecule has 0 saturated carbocycles. The van der Waals surface area contributed by atoms with Gasteiger partial charge in [-0.3, -0.25) is 14.8 Å². The number of sulfonamides is 1. The van der Waals surface area contributed by atoms with E-state index in [0.29, 0.717) is 21.4 Å². The Kier molecular flexibility index (Phi) is 6.08. The lowest BCUT2D eigenvalue weighted by atomic mass is 10.2. The lowest BCUT2D eigenvalue weighted by Crippen LogP contribution is -2.13. The quantitative estimate of drug-likeness (QED) is 0.572. The third-order valence-electron chi connectivity index (χ3n) is 3.49. The molecule has 10 heteroatoms. The molecule has 7 nitrogen and oxygen atoms in total. The predicted octanol–water partition coefficient (Wildman–Crippen LogP) is 3.95. The summed E-state index contributed by atoms with van der Waals surface area (Å²) in [6, 6.07) is 12.7. The van der Waals surface area contributed by atoms with Gasteiger partial charge in [0, 0.05) is 6.08 Å². The zero-order chi connectivity index (χ0) is 20.1. The zero-order valence-electron chi connectivity index (χ0n) is 14.6. The monoisotopic (exact) mass is 434 g/mol. The molecule has 1 aromatic heterocycles. The van der Waals surface area contributed by atoms with Gasteiger partial charge in [-0.2, -0.15) is 0 Å². The summed E-state index contributed by atoms with van der Waals surface area (Å²) in [6.45, 7) is 1.79. The molecule has 144 valence electrons. The van der Waals surface area contributed by atoms with Gasteiger partial charge in [-0.1, -0.05) is 47.2 Å². The van der Waals surface area contributed by atoms with Gasteiger partial charge in [-0.25, -0.2) is 8.42 Å². The number of halogens is 1. The van der Waals surface area contributed by atoms with Crippen LogP contribution < -0.4 is 10.0 Å². The number of nitrogens with zero attached hydrogens (tertiary/aromatic N) is 2. The topological polar surface area (TPSA) is 101 Å². The van der Waals surface area contributed by atoms with Gasteiger partial charge in [-0.15, -0.1) is 10.2 Å². The van der Waals surface area contributed by atoms with Gasteiger partial charge in [0.25, 0.3) is 10.0 Å².